The molecule has 1 heterocycles. The predicted molar refractivity (Wildman–Crippen MR) is 39.5 cm³/mol. The fourth-order valence-electron chi connectivity index (χ4n) is 1.30. The van der Waals surface area contributed by atoms with Gasteiger partial charge in [-0.2, -0.15) is 0 Å². The summed E-state index contributed by atoms with van der Waals surface area (Å²) < 4.78 is 0. The molecule has 1 heteroatoms. The van der Waals surface area contributed by atoms with Gasteiger partial charge in [0.2, 0.25) is 0 Å². The van der Waals surface area contributed by atoms with Gasteiger partial charge in [0.15, 0.2) is 0 Å². The maximum Gasteiger partial charge on any atom is 0.0217 e. The van der Waals surface area contributed by atoms with Gasteiger partial charge in [-0.15, -0.1) is 0 Å². The maximum atomic E-state index is 4.50. The molecule has 0 aromatic carbocycles. The number of hydrogen-bond donors (Lipinski definition) is 0. The van der Waals surface area contributed by atoms with Crippen LogP contribution in [-0.2, 0) is 0 Å². The smallest absolute Gasteiger partial charge is 0.0217 e. The summed E-state index contributed by atoms with van der Waals surface area (Å²) in [6.45, 7) is 5.61. The van der Waals surface area contributed by atoms with Crippen molar-refractivity contribution in [2.45, 2.75) is 39.2 Å². The topological polar surface area (TPSA) is 14.1 Å². The molecule has 1 aliphatic heterocycles. The van der Waals surface area contributed by atoms with Crippen molar-refractivity contribution in [1.82, 2.24) is 5.32 Å². The van der Waals surface area contributed by atoms with Gasteiger partial charge in [0.05, 0.1) is 0 Å². The number of hydrogen-bond acceptors (Lipinski definition) is 0. The second-order valence-corrected chi connectivity index (χ2v) is 3.25. The lowest BCUT2D eigenvalue weighted by atomic mass is 10.1. The minimum Gasteiger partial charge on any atom is -0.238 e. The van der Waals surface area contributed by atoms with Crippen molar-refractivity contribution in [3.63, 3.8) is 0 Å². The Kier molecular flexibility index (Phi) is 2.52. The van der Waals surface area contributed by atoms with Crippen molar-refractivity contribution in [2.24, 2.45) is 5.92 Å². The first-order chi connectivity index (χ1) is 4.29. The summed E-state index contributed by atoms with van der Waals surface area (Å²) in [5.74, 6) is 0.843. The van der Waals surface area contributed by atoms with Gasteiger partial charge in [0.25, 0.3) is 0 Å². The summed E-state index contributed by atoms with van der Waals surface area (Å²) in [6.07, 6.45) is 4.07. The standard InChI is InChI=1S/C8H16N/c1-7-4-3-5-8(2)9-6-7/h7-8H,3-6H2,1-2H3. The van der Waals surface area contributed by atoms with Crippen molar-refractivity contribution in [2.75, 3.05) is 6.54 Å². The molecule has 0 amide bonds. The first kappa shape index (κ1) is 7.07. The van der Waals surface area contributed by atoms with Crippen LogP contribution in [0.1, 0.15) is 33.1 Å². The summed E-state index contributed by atoms with van der Waals surface area (Å²) in [5.41, 5.74) is 0. The zero-order valence-electron chi connectivity index (χ0n) is 6.43. The van der Waals surface area contributed by atoms with Gasteiger partial charge in [0.1, 0.15) is 0 Å². The van der Waals surface area contributed by atoms with E-state index in [2.05, 4.69) is 19.2 Å². The molecular weight excluding hydrogens is 110 g/mol. The van der Waals surface area contributed by atoms with Crippen LogP contribution in [0, 0.1) is 5.92 Å². The second-order valence-electron chi connectivity index (χ2n) is 3.25. The Labute approximate surface area is 57.8 Å². The van der Waals surface area contributed by atoms with Crippen LogP contribution in [0.3, 0.4) is 0 Å². The van der Waals surface area contributed by atoms with E-state index in [0.717, 1.165) is 12.5 Å². The summed E-state index contributed by atoms with van der Waals surface area (Å²) in [7, 11) is 0. The van der Waals surface area contributed by atoms with E-state index in [4.69, 9.17) is 0 Å². The fourth-order valence-corrected chi connectivity index (χ4v) is 1.30. The van der Waals surface area contributed by atoms with E-state index >= 15 is 0 Å². The Morgan fingerprint density at radius 2 is 2.00 bits per heavy atom. The third-order valence-corrected chi connectivity index (χ3v) is 2.05. The highest BCUT2D eigenvalue weighted by Crippen LogP contribution is 2.13. The highest BCUT2D eigenvalue weighted by molar-refractivity contribution is 4.68. The van der Waals surface area contributed by atoms with Gasteiger partial charge in [0, 0.05) is 12.6 Å². The molecule has 53 valence electrons. The van der Waals surface area contributed by atoms with Gasteiger partial charge in [-0.3, -0.25) is 0 Å². The summed E-state index contributed by atoms with van der Waals surface area (Å²) in [6, 6.07) is 0.634. The van der Waals surface area contributed by atoms with Gasteiger partial charge in [-0.05, 0) is 25.7 Å². The maximum absolute atomic E-state index is 4.50. The van der Waals surface area contributed by atoms with Crippen molar-refractivity contribution >= 4 is 0 Å². The molecule has 1 nitrogen and oxygen atoms in total. The van der Waals surface area contributed by atoms with E-state index in [0.29, 0.717) is 6.04 Å². The quantitative estimate of drug-likeness (QED) is 0.470. The normalized spacial score (nSPS) is 38.0. The zero-order valence-corrected chi connectivity index (χ0v) is 6.43. The second kappa shape index (κ2) is 3.21. The van der Waals surface area contributed by atoms with Gasteiger partial charge < -0.3 is 0 Å². The molecule has 0 N–H and O–H groups in total. The van der Waals surface area contributed by atoms with E-state index < -0.39 is 0 Å². The van der Waals surface area contributed by atoms with Crippen LogP contribution >= 0.6 is 0 Å². The number of nitrogens with zero attached hydrogens (tertiary/aromatic N) is 1. The molecule has 1 saturated heterocycles. The molecule has 0 aliphatic carbocycles. The number of rotatable bonds is 0. The molecule has 1 rings (SSSR count). The monoisotopic (exact) mass is 126 g/mol. The lowest BCUT2D eigenvalue weighted by molar-refractivity contribution is 0.494. The Bertz CT molecular complexity index is 70.6. The molecule has 1 aliphatic rings. The minimum absolute atomic E-state index is 0.634. The van der Waals surface area contributed by atoms with Gasteiger partial charge in [-0.1, -0.05) is 13.3 Å². The molecule has 0 saturated carbocycles. The first-order valence-electron chi connectivity index (χ1n) is 3.95. The molecule has 2 unspecified atom stereocenters. The SMILES string of the molecule is CC1CCCC(C)[N]C1. The largest absolute Gasteiger partial charge is 0.238 e. The zero-order chi connectivity index (χ0) is 6.69. The predicted octanol–water partition coefficient (Wildman–Crippen LogP) is 1.80. The van der Waals surface area contributed by atoms with Crippen LogP contribution in [0.4, 0.5) is 0 Å². The van der Waals surface area contributed by atoms with E-state index in [1.807, 2.05) is 0 Å². The average Bonchev–Trinajstić information content (AvgIpc) is 1.97. The Morgan fingerprint density at radius 1 is 1.22 bits per heavy atom. The van der Waals surface area contributed by atoms with Crippen LogP contribution in [0.25, 0.3) is 0 Å². The van der Waals surface area contributed by atoms with E-state index in [9.17, 15) is 0 Å². The highest BCUT2D eigenvalue weighted by Gasteiger charge is 2.11. The van der Waals surface area contributed by atoms with Crippen LogP contribution in [0.2, 0.25) is 0 Å². The molecule has 1 fully saturated rings. The summed E-state index contributed by atoms with van der Waals surface area (Å²) >= 11 is 0. The third-order valence-electron chi connectivity index (χ3n) is 2.05. The summed E-state index contributed by atoms with van der Waals surface area (Å²) in [5, 5.41) is 4.50. The first-order valence-corrected chi connectivity index (χ1v) is 3.95. The molecule has 0 spiro atoms. The van der Waals surface area contributed by atoms with Crippen molar-refractivity contribution in [3.8, 4) is 0 Å². The van der Waals surface area contributed by atoms with Crippen molar-refractivity contribution in [1.29, 1.82) is 0 Å². The van der Waals surface area contributed by atoms with E-state index in [-0.39, 0.29) is 0 Å². The van der Waals surface area contributed by atoms with Crippen LogP contribution in [0.5, 0.6) is 0 Å². The molecule has 1 radical (unpaired) electrons. The lowest BCUT2D eigenvalue weighted by Crippen LogP contribution is -2.19. The van der Waals surface area contributed by atoms with Crippen LogP contribution < -0.4 is 5.32 Å². The highest BCUT2D eigenvalue weighted by atomic mass is 14.9. The van der Waals surface area contributed by atoms with Crippen molar-refractivity contribution in [3.05, 3.63) is 0 Å². The molecule has 0 aromatic rings. The molecule has 9 heavy (non-hydrogen) atoms. The van der Waals surface area contributed by atoms with Gasteiger partial charge in [-0.25, -0.2) is 5.32 Å². The minimum atomic E-state index is 0.634. The molecule has 0 aromatic heterocycles. The van der Waals surface area contributed by atoms with Crippen molar-refractivity contribution < 1.29 is 0 Å². The Morgan fingerprint density at radius 3 is 2.78 bits per heavy atom. The van der Waals surface area contributed by atoms with E-state index in [1.54, 1.807) is 0 Å². The molecular formula is C8H16N. The van der Waals surface area contributed by atoms with Crippen LogP contribution in [0.15, 0.2) is 0 Å². The van der Waals surface area contributed by atoms with E-state index in [1.165, 1.54) is 19.3 Å². The lowest BCUT2D eigenvalue weighted by Gasteiger charge is -2.06. The molecule has 0 bridgehead atoms. The van der Waals surface area contributed by atoms with Gasteiger partial charge >= 0.3 is 0 Å². The Hall–Kier alpha value is -0.0400. The average molecular weight is 126 g/mol. The summed E-state index contributed by atoms with van der Waals surface area (Å²) in [4.78, 5) is 0. The fraction of sp³-hybridized carbons (Fsp3) is 1.00. The Balaban J connectivity index is 2.25. The third kappa shape index (κ3) is 2.35. The van der Waals surface area contributed by atoms with Crippen LogP contribution in [-0.4, -0.2) is 12.6 Å². The molecule has 2 atom stereocenters.